The summed E-state index contributed by atoms with van der Waals surface area (Å²) in [6.07, 6.45) is 0. The summed E-state index contributed by atoms with van der Waals surface area (Å²) in [6.45, 7) is 0.714. The van der Waals surface area contributed by atoms with Crippen LogP contribution in [0.3, 0.4) is 0 Å². The molecule has 1 heterocycles. The van der Waals surface area contributed by atoms with Crippen LogP contribution in [-0.2, 0) is 4.79 Å². The van der Waals surface area contributed by atoms with Crippen molar-refractivity contribution < 1.29 is 22.8 Å². The SMILES string of the molecule is CN(C)CC(=O)NC1CN(C(=O)c2ccc(F)c(F)c2Nc2ccc(I)cc2F)C1. The van der Waals surface area contributed by atoms with Gasteiger partial charge in [-0.2, -0.15) is 0 Å². The maximum Gasteiger partial charge on any atom is 0.256 e. The summed E-state index contributed by atoms with van der Waals surface area (Å²) in [5, 5.41) is 5.31. The van der Waals surface area contributed by atoms with Crippen molar-refractivity contribution in [3.05, 3.63) is 56.9 Å². The highest BCUT2D eigenvalue weighted by Gasteiger charge is 2.34. The Labute approximate surface area is 185 Å². The Morgan fingerprint density at radius 3 is 2.47 bits per heavy atom. The lowest BCUT2D eigenvalue weighted by molar-refractivity contribution is -0.123. The van der Waals surface area contributed by atoms with Crippen molar-refractivity contribution in [2.45, 2.75) is 6.04 Å². The maximum atomic E-state index is 14.5. The van der Waals surface area contributed by atoms with E-state index < -0.39 is 29.0 Å². The average molecular weight is 532 g/mol. The monoisotopic (exact) mass is 532 g/mol. The highest BCUT2D eigenvalue weighted by molar-refractivity contribution is 14.1. The Morgan fingerprint density at radius 2 is 1.83 bits per heavy atom. The predicted molar refractivity (Wildman–Crippen MR) is 115 cm³/mol. The van der Waals surface area contributed by atoms with Crippen LogP contribution in [0.4, 0.5) is 24.5 Å². The van der Waals surface area contributed by atoms with Gasteiger partial charge < -0.3 is 20.4 Å². The molecule has 0 unspecified atom stereocenters. The van der Waals surface area contributed by atoms with Crippen LogP contribution >= 0.6 is 22.6 Å². The minimum Gasteiger partial charge on any atom is -0.350 e. The predicted octanol–water partition coefficient (Wildman–Crippen LogP) is 2.95. The number of halogens is 4. The van der Waals surface area contributed by atoms with Gasteiger partial charge in [0.2, 0.25) is 5.91 Å². The zero-order valence-electron chi connectivity index (χ0n) is 16.3. The Bertz CT molecular complexity index is 981. The van der Waals surface area contributed by atoms with Gasteiger partial charge in [-0.3, -0.25) is 9.59 Å². The van der Waals surface area contributed by atoms with E-state index in [-0.39, 0.29) is 42.8 Å². The van der Waals surface area contributed by atoms with Crippen LogP contribution in [0.15, 0.2) is 30.3 Å². The molecule has 2 aromatic carbocycles. The molecule has 0 atom stereocenters. The van der Waals surface area contributed by atoms with Crippen molar-refractivity contribution in [2.24, 2.45) is 0 Å². The van der Waals surface area contributed by atoms with Gasteiger partial charge in [0, 0.05) is 16.7 Å². The molecule has 10 heteroatoms. The lowest BCUT2D eigenvalue weighted by Gasteiger charge is -2.40. The number of likely N-dealkylation sites (N-methyl/N-ethyl adjacent to an activating group) is 1. The fourth-order valence-corrected chi connectivity index (χ4v) is 3.50. The molecule has 0 aliphatic carbocycles. The number of carbonyl (C=O) groups is 2. The first-order valence-electron chi connectivity index (χ1n) is 9.09. The molecule has 160 valence electrons. The largest absolute Gasteiger partial charge is 0.350 e. The summed E-state index contributed by atoms with van der Waals surface area (Å²) in [5.74, 6) is -3.79. The Morgan fingerprint density at radius 1 is 1.13 bits per heavy atom. The molecule has 0 saturated carbocycles. The molecule has 2 amide bonds. The molecule has 6 nitrogen and oxygen atoms in total. The van der Waals surface area contributed by atoms with Crippen LogP contribution in [-0.4, -0.2) is 61.4 Å². The molecule has 3 rings (SSSR count). The van der Waals surface area contributed by atoms with Crippen LogP contribution in [0.25, 0.3) is 0 Å². The minimum atomic E-state index is -1.27. The first kappa shape index (κ1) is 22.3. The quantitative estimate of drug-likeness (QED) is 0.562. The number of benzene rings is 2. The first-order valence-corrected chi connectivity index (χ1v) is 10.2. The average Bonchev–Trinajstić information content (AvgIpc) is 2.62. The molecular weight excluding hydrogens is 512 g/mol. The normalized spacial score (nSPS) is 13.9. The van der Waals surface area contributed by atoms with E-state index in [0.717, 1.165) is 12.1 Å². The summed E-state index contributed by atoms with van der Waals surface area (Å²) in [6, 6.07) is 6.02. The number of rotatable bonds is 6. The number of carbonyl (C=O) groups excluding carboxylic acids is 2. The van der Waals surface area contributed by atoms with E-state index in [9.17, 15) is 22.8 Å². The van der Waals surface area contributed by atoms with Crippen molar-refractivity contribution in [2.75, 3.05) is 39.0 Å². The molecule has 0 spiro atoms. The van der Waals surface area contributed by atoms with Crippen molar-refractivity contribution in [3.8, 4) is 0 Å². The molecule has 1 aliphatic rings. The Balaban J connectivity index is 1.76. The van der Waals surface area contributed by atoms with Gasteiger partial charge in [-0.15, -0.1) is 0 Å². The Kier molecular flexibility index (Phi) is 6.86. The summed E-state index contributed by atoms with van der Waals surface area (Å²) in [5.41, 5.74) is -0.628. The van der Waals surface area contributed by atoms with Gasteiger partial charge in [-0.05, 0) is 67.0 Å². The molecule has 2 N–H and O–H groups in total. The van der Waals surface area contributed by atoms with Crippen LogP contribution in [0.1, 0.15) is 10.4 Å². The van der Waals surface area contributed by atoms with Crippen molar-refractivity contribution in [1.82, 2.24) is 15.1 Å². The molecule has 1 fully saturated rings. The standard InChI is InChI=1S/C20H20F3IN4O2/c1-27(2)10-17(29)25-12-8-28(9-12)20(30)13-4-5-14(21)18(23)19(13)26-16-6-3-11(24)7-15(16)22/h3-7,12,26H,8-10H2,1-2H3,(H,25,29). The third-order valence-corrected chi connectivity index (χ3v) is 5.18. The van der Waals surface area contributed by atoms with Crippen LogP contribution in [0.5, 0.6) is 0 Å². The molecular formula is C20H20F3IN4O2. The number of anilines is 2. The second kappa shape index (κ2) is 9.21. The fourth-order valence-electron chi connectivity index (χ4n) is 3.04. The smallest absolute Gasteiger partial charge is 0.256 e. The minimum absolute atomic E-state index is 0.0774. The van der Waals surface area contributed by atoms with Crippen molar-refractivity contribution in [1.29, 1.82) is 0 Å². The van der Waals surface area contributed by atoms with Gasteiger partial charge in [-0.25, -0.2) is 13.2 Å². The van der Waals surface area contributed by atoms with Gasteiger partial charge in [0.1, 0.15) is 5.82 Å². The highest BCUT2D eigenvalue weighted by atomic mass is 127. The molecule has 1 aliphatic heterocycles. The van der Waals surface area contributed by atoms with Gasteiger partial charge in [0.15, 0.2) is 11.6 Å². The van der Waals surface area contributed by atoms with Gasteiger partial charge in [0.25, 0.3) is 5.91 Å². The lowest BCUT2D eigenvalue weighted by atomic mass is 10.0. The highest BCUT2D eigenvalue weighted by Crippen LogP contribution is 2.30. The van der Waals surface area contributed by atoms with Crippen molar-refractivity contribution >= 4 is 45.8 Å². The first-order chi connectivity index (χ1) is 14.2. The molecule has 0 radical (unpaired) electrons. The third kappa shape index (κ3) is 5.04. The van der Waals surface area contributed by atoms with E-state index in [1.165, 1.54) is 17.0 Å². The second-order valence-electron chi connectivity index (χ2n) is 7.25. The van der Waals surface area contributed by atoms with E-state index >= 15 is 0 Å². The Hall–Kier alpha value is -2.34. The van der Waals surface area contributed by atoms with Crippen LogP contribution in [0, 0.1) is 21.0 Å². The number of nitrogens with zero attached hydrogens (tertiary/aromatic N) is 2. The van der Waals surface area contributed by atoms with E-state index in [1.54, 1.807) is 25.1 Å². The maximum absolute atomic E-state index is 14.5. The molecule has 0 aromatic heterocycles. The topological polar surface area (TPSA) is 64.7 Å². The van der Waals surface area contributed by atoms with Gasteiger partial charge >= 0.3 is 0 Å². The summed E-state index contributed by atoms with van der Waals surface area (Å²) < 4.78 is 43.1. The number of amides is 2. The summed E-state index contributed by atoms with van der Waals surface area (Å²) >= 11 is 1.92. The lowest BCUT2D eigenvalue weighted by Crippen LogP contribution is -2.61. The summed E-state index contributed by atoms with van der Waals surface area (Å²) in [4.78, 5) is 27.8. The van der Waals surface area contributed by atoms with E-state index in [0.29, 0.717) is 3.57 Å². The van der Waals surface area contributed by atoms with Crippen molar-refractivity contribution in [3.63, 3.8) is 0 Å². The second-order valence-corrected chi connectivity index (χ2v) is 8.49. The molecule has 1 saturated heterocycles. The zero-order valence-corrected chi connectivity index (χ0v) is 18.5. The number of hydrogen-bond acceptors (Lipinski definition) is 4. The van der Waals surface area contributed by atoms with E-state index in [4.69, 9.17) is 0 Å². The van der Waals surface area contributed by atoms with E-state index in [1.807, 2.05) is 22.6 Å². The number of hydrogen-bond donors (Lipinski definition) is 2. The van der Waals surface area contributed by atoms with Crippen LogP contribution < -0.4 is 10.6 Å². The molecule has 2 aromatic rings. The van der Waals surface area contributed by atoms with Gasteiger partial charge in [-0.1, -0.05) is 0 Å². The number of likely N-dealkylation sites (tertiary alicyclic amines) is 1. The molecule has 30 heavy (non-hydrogen) atoms. The summed E-state index contributed by atoms with van der Waals surface area (Å²) in [7, 11) is 3.54. The van der Waals surface area contributed by atoms with E-state index in [2.05, 4.69) is 10.6 Å². The zero-order chi connectivity index (χ0) is 22.0. The third-order valence-electron chi connectivity index (χ3n) is 4.51. The van der Waals surface area contributed by atoms with Crippen LogP contribution in [0.2, 0.25) is 0 Å². The fraction of sp³-hybridized carbons (Fsp3) is 0.300. The molecule has 0 bridgehead atoms. The number of nitrogens with one attached hydrogen (secondary N) is 2. The van der Waals surface area contributed by atoms with Gasteiger partial charge in [0.05, 0.1) is 29.5 Å².